The number of aryl methyl sites for hydroxylation is 2. The second kappa shape index (κ2) is 4.72. The van der Waals surface area contributed by atoms with Crippen LogP contribution in [0.2, 0.25) is 0 Å². The molecule has 0 aliphatic rings. The first-order chi connectivity index (χ1) is 7.66. The molecule has 4 heteroatoms. The van der Waals surface area contributed by atoms with Crippen molar-refractivity contribution in [2.24, 2.45) is 0 Å². The fourth-order valence-electron chi connectivity index (χ4n) is 1.65. The summed E-state index contributed by atoms with van der Waals surface area (Å²) in [5.41, 5.74) is 4.24. The Balaban J connectivity index is 2.17. The lowest BCUT2D eigenvalue weighted by Crippen LogP contribution is -2.03. The van der Waals surface area contributed by atoms with Gasteiger partial charge in [-0.3, -0.25) is 0 Å². The van der Waals surface area contributed by atoms with Crippen molar-refractivity contribution in [1.82, 2.24) is 8.75 Å². The van der Waals surface area contributed by atoms with E-state index < -0.39 is 6.10 Å². The molecule has 2 aromatic rings. The van der Waals surface area contributed by atoms with Gasteiger partial charge >= 0.3 is 0 Å². The molecule has 0 aliphatic carbocycles. The molecule has 1 heterocycles. The van der Waals surface area contributed by atoms with Crippen LogP contribution in [0.25, 0.3) is 0 Å². The van der Waals surface area contributed by atoms with Gasteiger partial charge in [-0.05, 0) is 25.0 Å². The van der Waals surface area contributed by atoms with Gasteiger partial charge in [-0.15, -0.1) is 0 Å². The molecule has 1 aromatic carbocycles. The van der Waals surface area contributed by atoms with Crippen molar-refractivity contribution in [3.05, 3.63) is 46.8 Å². The average Bonchev–Trinajstić information content (AvgIpc) is 2.76. The topological polar surface area (TPSA) is 46.0 Å². The normalized spacial score (nSPS) is 12.7. The van der Waals surface area contributed by atoms with E-state index in [1.807, 2.05) is 0 Å². The van der Waals surface area contributed by atoms with Gasteiger partial charge in [-0.25, -0.2) is 0 Å². The summed E-state index contributed by atoms with van der Waals surface area (Å²) in [6.45, 7) is 4.11. The maximum atomic E-state index is 9.98. The SMILES string of the molecule is Cc1ccc(C)c(CC(O)c2cnsn2)c1. The maximum absolute atomic E-state index is 9.98. The maximum Gasteiger partial charge on any atom is 0.103 e. The van der Waals surface area contributed by atoms with E-state index in [1.165, 1.54) is 16.7 Å². The summed E-state index contributed by atoms with van der Waals surface area (Å²) < 4.78 is 7.94. The van der Waals surface area contributed by atoms with E-state index in [0.29, 0.717) is 12.1 Å². The first-order valence-corrected chi connectivity index (χ1v) is 5.91. The number of aliphatic hydroxyl groups is 1. The van der Waals surface area contributed by atoms with Crippen LogP contribution >= 0.6 is 11.7 Å². The largest absolute Gasteiger partial charge is 0.386 e. The molecule has 0 aliphatic heterocycles. The molecule has 0 saturated carbocycles. The van der Waals surface area contributed by atoms with Gasteiger partial charge in [0.25, 0.3) is 0 Å². The van der Waals surface area contributed by atoms with Crippen LogP contribution in [0.4, 0.5) is 0 Å². The van der Waals surface area contributed by atoms with Crippen molar-refractivity contribution in [2.45, 2.75) is 26.4 Å². The van der Waals surface area contributed by atoms with Crippen LogP contribution in [0.5, 0.6) is 0 Å². The lowest BCUT2D eigenvalue weighted by molar-refractivity contribution is 0.174. The Morgan fingerprint density at radius 2 is 2.19 bits per heavy atom. The van der Waals surface area contributed by atoms with E-state index in [2.05, 4.69) is 40.8 Å². The monoisotopic (exact) mass is 234 g/mol. The third-order valence-corrected chi connectivity index (χ3v) is 3.13. The van der Waals surface area contributed by atoms with Crippen LogP contribution in [0.3, 0.4) is 0 Å². The van der Waals surface area contributed by atoms with Gasteiger partial charge in [-0.1, -0.05) is 23.8 Å². The van der Waals surface area contributed by atoms with Crippen LogP contribution < -0.4 is 0 Å². The zero-order valence-corrected chi connectivity index (χ0v) is 10.2. The molecular weight excluding hydrogens is 220 g/mol. The number of rotatable bonds is 3. The Labute approximate surface area is 99.1 Å². The fourth-order valence-corrected chi connectivity index (χ4v) is 2.12. The van der Waals surface area contributed by atoms with Crippen molar-refractivity contribution in [3.63, 3.8) is 0 Å². The molecule has 0 radical (unpaired) electrons. The molecule has 1 aromatic heterocycles. The summed E-state index contributed by atoms with van der Waals surface area (Å²) in [6.07, 6.45) is 1.67. The number of benzene rings is 1. The zero-order valence-electron chi connectivity index (χ0n) is 9.34. The molecule has 1 unspecified atom stereocenters. The zero-order chi connectivity index (χ0) is 11.5. The summed E-state index contributed by atoms with van der Waals surface area (Å²) in [6, 6.07) is 6.27. The number of nitrogens with zero attached hydrogens (tertiary/aromatic N) is 2. The predicted octanol–water partition coefficient (Wildman–Crippen LogP) is 2.43. The van der Waals surface area contributed by atoms with Gasteiger partial charge < -0.3 is 5.11 Å². The molecule has 2 rings (SSSR count). The van der Waals surface area contributed by atoms with E-state index in [4.69, 9.17) is 0 Å². The van der Waals surface area contributed by atoms with Crippen LogP contribution in [0, 0.1) is 13.8 Å². The Hall–Kier alpha value is -1.26. The molecular formula is C12H14N2OS. The molecule has 0 saturated heterocycles. The minimum atomic E-state index is -0.556. The fraction of sp³-hybridized carbons (Fsp3) is 0.333. The molecule has 3 nitrogen and oxygen atoms in total. The standard InChI is InChI=1S/C12H14N2OS/c1-8-3-4-9(2)10(5-8)6-12(15)11-7-13-16-14-11/h3-5,7,12,15H,6H2,1-2H3. The van der Waals surface area contributed by atoms with Crippen LogP contribution in [0.1, 0.15) is 28.5 Å². The smallest absolute Gasteiger partial charge is 0.103 e. The second-order valence-electron chi connectivity index (χ2n) is 3.98. The summed E-state index contributed by atoms with van der Waals surface area (Å²) in [4.78, 5) is 0. The second-order valence-corrected chi connectivity index (χ2v) is 4.54. The lowest BCUT2D eigenvalue weighted by Gasteiger charge is -2.10. The molecule has 0 amide bonds. The summed E-state index contributed by atoms with van der Waals surface area (Å²) >= 11 is 1.13. The first-order valence-electron chi connectivity index (χ1n) is 5.18. The number of hydrogen-bond acceptors (Lipinski definition) is 4. The van der Waals surface area contributed by atoms with Gasteiger partial charge in [0.2, 0.25) is 0 Å². The van der Waals surface area contributed by atoms with Gasteiger partial charge in [0, 0.05) is 6.42 Å². The molecule has 1 atom stereocenters. The number of aromatic nitrogens is 2. The highest BCUT2D eigenvalue weighted by Gasteiger charge is 2.12. The van der Waals surface area contributed by atoms with Gasteiger partial charge in [-0.2, -0.15) is 8.75 Å². The van der Waals surface area contributed by atoms with Crippen molar-refractivity contribution in [2.75, 3.05) is 0 Å². The van der Waals surface area contributed by atoms with Crippen molar-refractivity contribution >= 4 is 11.7 Å². The average molecular weight is 234 g/mol. The minimum Gasteiger partial charge on any atom is -0.386 e. The highest BCUT2D eigenvalue weighted by molar-refractivity contribution is 6.99. The van der Waals surface area contributed by atoms with E-state index in [-0.39, 0.29) is 0 Å². The van der Waals surface area contributed by atoms with Crippen molar-refractivity contribution in [3.8, 4) is 0 Å². The van der Waals surface area contributed by atoms with Crippen LogP contribution in [-0.4, -0.2) is 13.9 Å². The Bertz CT molecular complexity index is 468. The van der Waals surface area contributed by atoms with E-state index in [9.17, 15) is 5.11 Å². The number of hydrogen-bond donors (Lipinski definition) is 1. The highest BCUT2D eigenvalue weighted by atomic mass is 32.1. The van der Waals surface area contributed by atoms with Crippen molar-refractivity contribution in [1.29, 1.82) is 0 Å². The van der Waals surface area contributed by atoms with E-state index >= 15 is 0 Å². The molecule has 1 N–H and O–H groups in total. The third-order valence-electron chi connectivity index (χ3n) is 2.64. The van der Waals surface area contributed by atoms with Crippen LogP contribution in [0.15, 0.2) is 24.4 Å². The Morgan fingerprint density at radius 3 is 2.88 bits per heavy atom. The minimum absolute atomic E-state index is 0.556. The van der Waals surface area contributed by atoms with Gasteiger partial charge in [0.1, 0.15) is 11.8 Å². The van der Waals surface area contributed by atoms with Crippen LogP contribution in [-0.2, 0) is 6.42 Å². The predicted molar refractivity (Wildman–Crippen MR) is 64.5 cm³/mol. The Morgan fingerprint density at radius 1 is 1.38 bits per heavy atom. The Kier molecular flexibility index (Phi) is 3.31. The molecule has 16 heavy (non-hydrogen) atoms. The van der Waals surface area contributed by atoms with Gasteiger partial charge in [0.15, 0.2) is 0 Å². The lowest BCUT2D eigenvalue weighted by atomic mass is 9.99. The molecule has 0 fully saturated rings. The molecule has 0 spiro atoms. The third kappa shape index (κ3) is 2.46. The summed E-state index contributed by atoms with van der Waals surface area (Å²) in [7, 11) is 0. The quantitative estimate of drug-likeness (QED) is 0.887. The van der Waals surface area contributed by atoms with E-state index in [0.717, 1.165) is 11.7 Å². The van der Waals surface area contributed by atoms with Crippen molar-refractivity contribution < 1.29 is 5.11 Å². The van der Waals surface area contributed by atoms with Gasteiger partial charge in [0.05, 0.1) is 17.9 Å². The molecule has 0 bridgehead atoms. The molecule has 84 valence electrons. The summed E-state index contributed by atoms with van der Waals surface area (Å²) in [5.74, 6) is 0. The summed E-state index contributed by atoms with van der Waals surface area (Å²) in [5, 5.41) is 9.98. The number of aliphatic hydroxyl groups excluding tert-OH is 1. The first kappa shape index (κ1) is 11.2. The van der Waals surface area contributed by atoms with E-state index in [1.54, 1.807) is 6.20 Å². The highest BCUT2D eigenvalue weighted by Crippen LogP contribution is 2.20.